The Hall–Kier alpha value is -1.29. The zero-order chi connectivity index (χ0) is 11.7. The Morgan fingerprint density at radius 1 is 1.56 bits per heavy atom. The summed E-state index contributed by atoms with van der Waals surface area (Å²) in [6.45, 7) is 1.27. The summed E-state index contributed by atoms with van der Waals surface area (Å²) in [5, 5.41) is 0.106. The first kappa shape index (κ1) is 11.2. The van der Waals surface area contributed by atoms with Crippen LogP contribution in [0, 0.1) is 11.7 Å². The van der Waals surface area contributed by atoms with E-state index in [0.717, 1.165) is 12.1 Å². The maximum Gasteiger partial charge on any atom is 0.222 e. The average Bonchev–Trinajstić information content (AvgIpc) is 2.71. The van der Waals surface area contributed by atoms with Gasteiger partial charge in [-0.2, -0.15) is 0 Å². The van der Waals surface area contributed by atoms with Gasteiger partial charge in [0.25, 0.3) is 0 Å². The number of nitrogens with two attached hydrogens (primary N) is 1. The standard InChI is InChI=1S/C11H12ClFN2O/c12-9-2-1-8(5-10(9)13)15-4-3-7(6-15)11(14)16/h1-2,5,7H,3-4,6H2,(H2,14,16). The first-order valence-corrected chi connectivity index (χ1v) is 5.45. The van der Waals surface area contributed by atoms with Gasteiger partial charge in [0.05, 0.1) is 10.9 Å². The van der Waals surface area contributed by atoms with Crippen LogP contribution in [0.5, 0.6) is 0 Å². The van der Waals surface area contributed by atoms with E-state index in [2.05, 4.69) is 0 Å². The minimum atomic E-state index is -0.443. The molecule has 1 heterocycles. The molecule has 1 atom stereocenters. The number of carbonyl (C=O) groups excluding carboxylic acids is 1. The van der Waals surface area contributed by atoms with Crippen LogP contribution < -0.4 is 10.6 Å². The van der Waals surface area contributed by atoms with Gasteiger partial charge < -0.3 is 10.6 Å². The Bertz CT molecular complexity index is 424. The molecule has 2 rings (SSSR count). The number of hydrogen-bond donors (Lipinski definition) is 1. The summed E-state index contributed by atoms with van der Waals surface area (Å²) in [6.07, 6.45) is 0.722. The quantitative estimate of drug-likeness (QED) is 0.860. The molecule has 0 radical (unpaired) electrons. The number of halogens is 2. The van der Waals surface area contributed by atoms with E-state index in [-0.39, 0.29) is 16.8 Å². The molecule has 1 aromatic rings. The van der Waals surface area contributed by atoms with Crippen molar-refractivity contribution in [2.45, 2.75) is 6.42 Å². The van der Waals surface area contributed by atoms with E-state index in [9.17, 15) is 9.18 Å². The summed E-state index contributed by atoms with van der Waals surface area (Å²) in [6, 6.07) is 4.64. The third kappa shape index (κ3) is 2.11. The first-order chi connectivity index (χ1) is 7.58. The van der Waals surface area contributed by atoms with Gasteiger partial charge in [-0.15, -0.1) is 0 Å². The van der Waals surface area contributed by atoms with E-state index >= 15 is 0 Å². The molecule has 0 bridgehead atoms. The summed E-state index contributed by atoms with van der Waals surface area (Å²) in [7, 11) is 0. The second-order valence-corrected chi connectivity index (χ2v) is 4.34. The summed E-state index contributed by atoms with van der Waals surface area (Å²) in [5.41, 5.74) is 5.97. The van der Waals surface area contributed by atoms with Gasteiger partial charge in [-0.05, 0) is 24.6 Å². The highest BCUT2D eigenvalue weighted by atomic mass is 35.5. The molecule has 16 heavy (non-hydrogen) atoms. The zero-order valence-electron chi connectivity index (χ0n) is 8.62. The third-order valence-corrected chi connectivity index (χ3v) is 3.17. The summed E-state index contributed by atoms with van der Waals surface area (Å²) < 4.78 is 13.2. The van der Waals surface area contributed by atoms with E-state index in [1.807, 2.05) is 4.90 Å². The van der Waals surface area contributed by atoms with Crippen LogP contribution in [0.3, 0.4) is 0 Å². The number of anilines is 1. The Kier molecular flexibility index (Phi) is 3.01. The van der Waals surface area contributed by atoms with Crippen molar-refractivity contribution < 1.29 is 9.18 Å². The lowest BCUT2D eigenvalue weighted by Crippen LogP contribution is -2.27. The summed E-state index contributed by atoms with van der Waals surface area (Å²) >= 11 is 5.60. The van der Waals surface area contributed by atoms with E-state index < -0.39 is 5.82 Å². The van der Waals surface area contributed by atoms with E-state index in [4.69, 9.17) is 17.3 Å². The summed E-state index contributed by atoms with van der Waals surface area (Å²) in [5.74, 6) is -0.877. The molecular weight excluding hydrogens is 231 g/mol. The Morgan fingerprint density at radius 2 is 2.31 bits per heavy atom. The van der Waals surface area contributed by atoms with Crippen LogP contribution in [-0.2, 0) is 4.79 Å². The fourth-order valence-corrected chi connectivity index (χ4v) is 2.03. The second kappa shape index (κ2) is 4.29. The molecule has 0 spiro atoms. The number of nitrogens with zero attached hydrogens (tertiary/aromatic N) is 1. The van der Waals surface area contributed by atoms with Crippen LogP contribution in [0.25, 0.3) is 0 Å². The van der Waals surface area contributed by atoms with Crippen molar-refractivity contribution in [3.63, 3.8) is 0 Å². The molecule has 1 unspecified atom stereocenters. The molecule has 2 N–H and O–H groups in total. The van der Waals surface area contributed by atoms with Gasteiger partial charge in [-0.25, -0.2) is 4.39 Å². The zero-order valence-corrected chi connectivity index (χ0v) is 9.38. The second-order valence-electron chi connectivity index (χ2n) is 3.93. The maximum atomic E-state index is 13.2. The number of primary amides is 1. The van der Waals surface area contributed by atoms with Crippen molar-refractivity contribution in [2.75, 3.05) is 18.0 Å². The van der Waals surface area contributed by atoms with Crippen molar-refractivity contribution in [1.82, 2.24) is 0 Å². The average molecular weight is 243 g/mol. The SMILES string of the molecule is NC(=O)C1CCN(c2ccc(Cl)c(F)c2)C1. The predicted octanol–water partition coefficient (Wildman–Crippen LogP) is 1.79. The normalized spacial score (nSPS) is 20.1. The van der Waals surface area contributed by atoms with Gasteiger partial charge in [0.15, 0.2) is 0 Å². The molecule has 1 aliphatic heterocycles. The van der Waals surface area contributed by atoms with E-state index in [1.54, 1.807) is 6.07 Å². The fourth-order valence-electron chi connectivity index (χ4n) is 1.91. The molecule has 1 fully saturated rings. The van der Waals surface area contributed by atoms with Crippen molar-refractivity contribution in [2.24, 2.45) is 11.7 Å². The summed E-state index contributed by atoms with van der Waals surface area (Å²) in [4.78, 5) is 12.9. The Morgan fingerprint density at radius 3 is 2.88 bits per heavy atom. The molecule has 0 aromatic heterocycles. The molecule has 1 aliphatic rings. The lowest BCUT2D eigenvalue weighted by atomic mass is 10.1. The highest BCUT2D eigenvalue weighted by Gasteiger charge is 2.26. The third-order valence-electron chi connectivity index (χ3n) is 2.86. The molecule has 1 saturated heterocycles. The van der Waals surface area contributed by atoms with E-state index in [0.29, 0.717) is 13.1 Å². The first-order valence-electron chi connectivity index (χ1n) is 5.07. The number of benzene rings is 1. The molecule has 86 valence electrons. The van der Waals surface area contributed by atoms with Gasteiger partial charge in [-0.3, -0.25) is 4.79 Å². The molecule has 1 amide bonds. The topological polar surface area (TPSA) is 46.3 Å². The molecule has 0 saturated carbocycles. The van der Waals surface area contributed by atoms with Gasteiger partial charge >= 0.3 is 0 Å². The molecular formula is C11H12ClFN2O. The van der Waals surface area contributed by atoms with E-state index in [1.165, 1.54) is 12.1 Å². The highest BCUT2D eigenvalue weighted by molar-refractivity contribution is 6.30. The van der Waals surface area contributed by atoms with Crippen LogP contribution in [0.2, 0.25) is 5.02 Å². The van der Waals surface area contributed by atoms with Gasteiger partial charge in [0.1, 0.15) is 5.82 Å². The van der Waals surface area contributed by atoms with Crippen LogP contribution in [0.1, 0.15) is 6.42 Å². The van der Waals surface area contributed by atoms with Crippen molar-refractivity contribution in [3.8, 4) is 0 Å². The van der Waals surface area contributed by atoms with Crippen LogP contribution >= 0.6 is 11.6 Å². The van der Waals surface area contributed by atoms with Crippen LogP contribution in [0.4, 0.5) is 10.1 Å². The minimum Gasteiger partial charge on any atom is -0.371 e. The lowest BCUT2D eigenvalue weighted by Gasteiger charge is -2.18. The van der Waals surface area contributed by atoms with Gasteiger partial charge in [-0.1, -0.05) is 11.6 Å². The predicted molar refractivity (Wildman–Crippen MR) is 60.9 cm³/mol. The number of amides is 1. The maximum absolute atomic E-state index is 13.2. The molecule has 5 heteroatoms. The van der Waals surface area contributed by atoms with Crippen LogP contribution in [0.15, 0.2) is 18.2 Å². The Labute approximate surface area is 98.0 Å². The fraction of sp³-hybridized carbons (Fsp3) is 0.364. The number of carbonyl (C=O) groups is 1. The minimum absolute atomic E-state index is 0.106. The van der Waals surface area contributed by atoms with Crippen molar-refractivity contribution in [1.29, 1.82) is 0 Å². The highest BCUT2D eigenvalue weighted by Crippen LogP contribution is 2.26. The van der Waals surface area contributed by atoms with Crippen molar-refractivity contribution >= 4 is 23.2 Å². The van der Waals surface area contributed by atoms with Gasteiger partial charge in [0.2, 0.25) is 5.91 Å². The Balaban J connectivity index is 2.14. The number of hydrogen-bond acceptors (Lipinski definition) is 2. The van der Waals surface area contributed by atoms with Crippen molar-refractivity contribution in [3.05, 3.63) is 29.0 Å². The van der Waals surface area contributed by atoms with Gasteiger partial charge in [0, 0.05) is 18.8 Å². The molecule has 0 aliphatic carbocycles. The largest absolute Gasteiger partial charge is 0.371 e. The molecule has 1 aromatic carbocycles. The van der Waals surface area contributed by atoms with Crippen LogP contribution in [-0.4, -0.2) is 19.0 Å². The lowest BCUT2D eigenvalue weighted by molar-refractivity contribution is -0.121. The monoisotopic (exact) mass is 242 g/mol. The molecule has 3 nitrogen and oxygen atoms in total. The number of rotatable bonds is 2. The smallest absolute Gasteiger partial charge is 0.222 e.